The van der Waals surface area contributed by atoms with Gasteiger partial charge in [0, 0.05) is 15.6 Å². The average molecular weight is 285 g/mol. The van der Waals surface area contributed by atoms with Crippen LogP contribution in [0.2, 0.25) is 0 Å². The average Bonchev–Trinajstić information content (AvgIpc) is 3.02. The van der Waals surface area contributed by atoms with Gasteiger partial charge in [-0.1, -0.05) is 35.8 Å². The van der Waals surface area contributed by atoms with Gasteiger partial charge in [-0.05, 0) is 41.5 Å². The van der Waals surface area contributed by atoms with E-state index in [1.165, 1.54) is 12.8 Å². The molecule has 0 N–H and O–H groups in total. The monoisotopic (exact) mass is 284 g/mol. The van der Waals surface area contributed by atoms with Crippen molar-refractivity contribution in [2.24, 2.45) is 17.3 Å². The van der Waals surface area contributed by atoms with Gasteiger partial charge in [0.2, 0.25) is 0 Å². The van der Waals surface area contributed by atoms with Gasteiger partial charge in [-0.15, -0.1) is 11.3 Å². The molecule has 0 saturated heterocycles. The predicted molar refractivity (Wildman–Crippen MR) is 69.8 cm³/mol. The van der Waals surface area contributed by atoms with Crippen molar-refractivity contribution in [1.82, 2.24) is 0 Å². The van der Waals surface area contributed by atoms with Crippen molar-refractivity contribution in [2.45, 2.75) is 32.1 Å². The Kier molecular flexibility index (Phi) is 2.14. The Hall–Kier alpha value is 0.180. The van der Waals surface area contributed by atoms with E-state index in [1.807, 2.05) is 11.3 Å². The Balaban J connectivity index is 2.05. The van der Waals surface area contributed by atoms with Gasteiger partial charge in [0.25, 0.3) is 0 Å². The summed E-state index contributed by atoms with van der Waals surface area (Å²) in [6.07, 6.45) is 2.90. The Morgan fingerprint density at radius 1 is 1.47 bits per heavy atom. The highest BCUT2D eigenvalue weighted by Gasteiger charge is 2.75. The third-order valence-corrected chi connectivity index (χ3v) is 6.38. The molecule has 0 bridgehead atoms. The first-order valence-electron chi connectivity index (χ1n) is 5.75. The Bertz CT molecular complexity index is 364. The van der Waals surface area contributed by atoms with Crippen molar-refractivity contribution >= 4 is 27.3 Å². The molecule has 2 heteroatoms. The normalized spacial score (nSPS) is 37.9. The predicted octanol–water partition coefficient (Wildman–Crippen LogP) is 4.45. The smallest absolute Gasteiger partial charge is 0.0171 e. The standard InChI is InChI=1S/C13H17BrS/c1-12(2)10(8-14)13(12,9-5-6-9)11-4-3-7-15-11/h3-4,7,9-10H,5-6,8H2,1-2H3. The van der Waals surface area contributed by atoms with E-state index >= 15 is 0 Å². The summed E-state index contributed by atoms with van der Waals surface area (Å²) in [4.78, 5) is 1.64. The molecule has 3 rings (SSSR count). The molecule has 1 heterocycles. The Morgan fingerprint density at radius 2 is 2.20 bits per heavy atom. The molecule has 2 saturated carbocycles. The highest BCUT2D eigenvalue weighted by atomic mass is 79.9. The van der Waals surface area contributed by atoms with E-state index < -0.39 is 0 Å². The Morgan fingerprint density at radius 3 is 2.60 bits per heavy atom. The summed E-state index contributed by atoms with van der Waals surface area (Å²) in [6.45, 7) is 4.91. The molecule has 0 radical (unpaired) electrons. The Labute approximate surface area is 104 Å². The van der Waals surface area contributed by atoms with E-state index in [0.717, 1.165) is 17.2 Å². The SMILES string of the molecule is CC1(C)C(CBr)C1(c1cccs1)C1CC1. The maximum atomic E-state index is 3.71. The largest absolute Gasteiger partial charge is 0.148 e. The maximum Gasteiger partial charge on any atom is 0.0171 e. The minimum absolute atomic E-state index is 0.502. The van der Waals surface area contributed by atoms with E-state index in [1.54, 1.807) is 4.88 Å². The summed E-state index contributed by atoms with van der Waals surface area (Å²) in [6, 6.07) is 4.57. The fourth-order valence-corrected chi connectivity index (χ4v) is 6.32. The first kappa shape index (κ1) is 10.3. The van der Waals surface area contributed by atoms with Crippen LogP contribution in [-0.4, -0.2) is 5.33 Å². The third kappa shape index (κ3) is 1.13. The van der Waals surface area contributed by atoms with Crippen LogP contribution in [0.4, 0.5) is 0 Å². The number of halogens is 1. The molecule has 2 atom stereocenters. The van der Waals surface area contributed by atoms with E-state index in [2.05, 4.69) is 47.3 Å². The van der Waals surface area contributed by atoms with E-state index in [0.29, 0.717) is 10.8 Å². The van der Waals surface area contributed by atoms with Crippen LogP contribution in [0.5, 0.6) is 0 Å². The van der Waals surface area contributed by atoms with Crippen LogP contribution in [0.25, 0.3) is 0 Å². The van der Waals surface area contributed by atoms with E-state index in [-0.39, 0.29) is 0 Å². The zero-order valence-corrected chi connectivity index (χ0v) is 11.7. The highest BCUT2D eigenvalue weighted by molar-refractivity contribution is 9.09. The fourth-order valence-electron chi connectivity index (χ4n) is 3.77. The lowest BCUT2D eigenvalue weighted by atomic mass is 9.89. The van der Waals surface area contributed by atoms with Crippen molar-refractivity contribution in [3.63, 3.8) is 0 Å². The molecule has 0 aromatic carbocycles. The second-order valence-corrected chi connectivity index (χ2v) is 7.14. The molecule has 82 valence electrons. The molecule has 15 heavy (non-hydrogen) atoms. The van der Waals surface area contributed by atoms with Crippen LogP contribution in [0, 0.1) is 17.3 Å². The quantitative estimate of drug-likeness (QED) is 0.720. The van der Waals surface area contributed by atoms with Gasteiger partial charge in [-0.2, -0.15) is 0 Å². The van der Waals surface area contributed by atoms with Crippen molar-refractivity contribution in [2.75, 3.05) is 5.33 Å². The van der Waals surface area contributed by atoms with E-state index in [4.69, 9.17) is 0 Å². The molecular weight excluding hydrogens is 268 g/mol. The molecule has 1 aromatic heterocycles. The van der Waals surface area contributed by atoms with Crippen LogP contribution in [0.3, 0.4) is 0 Å². The molecule has 0 spiro atoms. The zero-order chi connectivity index (χ0) is 10.7. The van der Waals surface area contributed by atoms with Gasteiger partial charge in [0.1, 0.15) is 0 Å². The molecule has 1 aromatic rings. The van der Waals surface area contributed by atoms with Crippen LogP contribution >= 0.6 is 27.3 Å². The van der Waals surface area contributed by atoms with Crippen LogP contribution in [0.15, 0.2) is 17.5 Å². The molecule has 0 nitrogen and oxygen atoms in total. The lowest BCUT2D eigenvalue weighted by Crippen LogP contribution is -2.16. The third-order valence-electron chi connectivity index (χ3n) is 4.71. The van der Waals surface area contributed by atoms with Gasteiger partial charge in [-0.25, -0.2) is 0 Å². The maximum absolute atomic E-state index is 3.71. The molecule has 0 amide bonds. The minimum Gasteiger partial charge on any atom is -0.148 e. The first-order chi connectivity index (χ1) is 7.15. The summed E-state index contributed by atoms with van der Waals surface area (Å²) in [5.41, 5.74) is 1.02. The van der Waals surface area contributed by atoms with Crippen molar-refractivity contribution in [3.8, 4) is 0 Å². The number of thiophene rings is 1. The zero-order valence-electron chi connectivity index (χ0n) is 9.29. The molecule has 2 aliphatic carbocycles. The lowest BCUT2D eigenvalue weighted by Gasteiger charge is -2.18. The van der Waals surface area contributed by atoms with Crippen LogP contribution < -0.4 is 0 Å². The summed E-state index contributed by atoms with van der Waals surface area (Å²) >= 11 is 5.68. The molecule has 2 unspecified atom stereocenters. The first-order valence-corrected chi connectivity index (χ1v) is 7.75. The van der Waals surface area contributed by atoms with Gasteiger partial charge in [0.15, 0.2) is 0 Å². The molecule has 2 fully saturated rings. The van der Waals surface area contributed by atoms with Gasteiger partial charge >= 0.3 is 0 Å². The lowest BCUT2D eigenvalue weighted by molar-refractivity contribution is 0.455. The number of rotatable bonds is 3. The number of hydrogen-bond donors (Lipinski definition) is 0. The second-order valence-electron chi connectivity index (χ2n) is 5.55. The highest BCUT2D eigenvalue weighted by Crippen LogP contribution is 2.78. The second kappa shape index (κ2) is 3.10. The van der Waals surface area contributed by atoms with E-state index in [9.17, 15) is 0 Å². The van der Waals surface area contributed by atoms with Crippen molar-refractivity contribution < 1.29 is 0 Å². The van der Waals surface area contributed by atoms with Gasteiger partial charge in [-0.3, -0.25) is 0 Å². The van der Waals surface area contributed by atoms with Crippen LogP contribution in [-0.2, 0) is 5.41 Å². The molecule has 0 aliphatic heterocycles. The van der Waals surface area contributed by atoms with Crippen molar-refractivity contribution in [3.05, 3.63) is 22.4 Å². The summed E-state index contributed by atoms with van der Waals surface area (Å²) in [7, 11) is 0. The summed E-state index contributed by atoms with van der Waals surface area (Å²) < 4.78 is 0. The number of hydrogen-bond acceptors (Lipinski definition) is 1. The van der Waals surface area contributed by atoms with Gasteiger partial charge < -0.3 is 0 Å². The number of alkyl halides is 1. The molecule has 2 aliphatic rings. The summed E-state index contributed by atoms with van der Waals surface area (Å²) in [5.74, 6) is 1.81. The van der Waals surface area contributed by atoms with Gasteiger partial charge in [0.05, 0.1) is 0 Å². The van der Waals surface area contributed by atoms with Crippen LogP contribution in [0.1, 0.15) is 31.6 Å². The summed E-state index contributed by atoms with van der Waals surface area (Å²) in [5, 5.41) is 3.40. The minimum atomic E-state index is 0.502. The van der Waals surface area contributed by atoms with Crippen molar-refractivity contribution in [1.29, 1.82) is 0 Å². The molecular formula is C13H17BrS. The fraction of sp³-hybridized carbons (Fsp3) is 0.692. The topological polar surface area (TPSA) is 0 Å².